The van der Waals surface area contributed by atoms with E-state index in [1.54, 1.807) is 12.1 Å². The second kappa shape index (κ2) is 6.87. The van der Waals surface area contributed by atoms with Crippen molar-refractivity contribution in [1.82, 2.24) is 4.90 Å². The van der Waals surface area contributed by atoms with Crippen molar-refractivity contribution in [2.45, 2.75) is 18.2 Å². The third kappa shape index (κ3) is 4.15. The Hall–Kier alpha value is -1.66. The van der Waals surface area contributed by atoms with E-state index in [2.05, 4.69) is 4.90 Å². The summed E-state index contributed by atoms with van der Waals surface area (Å²) in [7, 11) is 0. The van der Waals surface area contributed by atoms with Crippen molar-refractivity contribution in [2.75, 3.05) is 19.6 Å². The van der Waals surface area contributed by atoms with Crippen LogP contribution in [0.1, 0.15) is 23.8 Å². The van der Waals surface area contributed by atoms with Crippen LogP contribution in [-0.2, 0) is 4.79 Å². The molecule has 0 amide bonds. The molecule has 1 saturated heterocycles. The van der Waals surface area contributed by atoms with Crippen LogP contribution in [0, 0.1) is 16.0 Å². The summed E-state index contributed by atoms with van der Waals surface area (Å²) in [4.78, 5) is 23.2. The van der Waals surface area contributed by atoms with Gasteiger partial charge in [-0.1, -0.05) is 12.1 Å². The van der Waals surface area contributed by atoms with E-state index in [4.69, 9.17) is 16.7 Å². The van der Waals surface area contributed by atoms with Gasteiger partial charge in [0.1, 0.15) is 0 Å². The number of hydrogen-bond acceptors (Lipinski definition) is 4. The Labute approximate surface area is 127 Å². The molecule has 1 unspecified atom stereocenters. The Morgan fingerprint density at radius 1 is 1.38 bits per heavy atom. The number of carboxylic acid groups (broad SMARTS) is 1. The van der Waals surface area contributed by atoms with Crippen molar-refractivity contribution in [3.63, 3.8) is 0 Å². The minimum absolute atomic E-state index is 0.0462. The number of nitrogens with zero attached hydrogens (tertiary/aromatic N) is 2. The lowest BCUT2D eigenvalue weighted by atomic mass is 9.97. The van der Waals surface area contributed by atoms with E-state index >= 15 is 0 Å². The van der Waals surface area contributed by atoms with Crippen molar-refractivity contribution in [1.29, 1.82) is 0 Å². The molecule has 0 spiro atoms. The molecule has 7 heteroatoms. The smallest absolute Gasteiger partial charge is 0.306 e. The normalized spacial score (nSPS) is 18.3. The third-order valence-electron chi connectivity index (χ3n) is 3.82. The molecule has 1 aromatic carbocycles. The summed E-state index contributed by atoms with van der Waals surface area (Å²) in [5.74, 6) is -0.984. The summed E-state index contributed by atoms with van der Waals surface area (Å²) >= 11 is 6.34. The van der Waals surface area contributed by atoms with Gasteiger partial charge in [-0.2, -0.15) is 0 Å². The van der Waals surface area contributed by atoms with Crippen LogP contribution in [0.3, 0.4) is 0 Å². The van der Waals surface area contributed by atoms with Crippen molar-refractivity contribution < 1.29 is 14.8 Å². The SMILES string of the molecule is O=C(O)C1CCN(CC(Cl)c2ccc([N+](=O)[O-])cc2)CC1. The van der Waals surface area contributed by atoms with E-state index in [9.17, 15) is 14.9 Å². The number of hydrogen-bond donors (Lipinski definition) is 1. The molecule has 1 fully saturated rings. The maximum Gasteiger partial charge on any atom is 0.306 e. The van der Waals surface area contributed by atoms with Gasteiger partial charge in [-0.25, -0.2) is 0 Å². The molecule has 0 radical (unpaired) electrons. The van der Waals surface area contributed by atoms with Crippen LogP contribution in [0.25, 0.3) is 0 Å². The molecular weight excluding hydrogens is 296 g/mol. The number of non-ortho nitro benzene ring substituents is 1. The summed E-state index contributed by atoms with van der Waals surface area (Å²) in [6.07, 6.45) is 1.28. The Balaban J connectivity index is 1.88. The van der Waals surface area contributed by atoms with Gasteiger partial charge in [0.2, 0.25) is 0 Å². The number of alkyl halides is 1. The second-order valence-electron chi connectivity index (χ2n) is 5.23. The van der Waals surface area contributed by atoms with Crippen molar-refractivity contribution in [2.24, 2.45) is 5.92 Å². The van der Waals surface area contributed by atoms with E-state index in [0.717, 1.165) is 5.56 Å². The minimum atomic E-state index is -0.729. The maximum atomic E-state index is 10.9. The number of nitro groups is 1. The number of likely N-dealkylation sites (tertiary alicyclic amines) is 1. The van der Waals surface area contributed by atoms with Gasteiger partial charge in [0.05, 0.1) is 16.2 Å². The van der Waals surface area contributed by atoms with E-state index in [1.807, 2.05) is 0 Å². The van der Waals surface area contributed by atoms with Crippen LogP contribution in [0.15, 0.2) is 24.3 Å². The highest BCUT2D eigenvalue weighted by Crippen LogP contribution is 2.26. The van der Waals surface area contributed by atoms with Crippen molar-refractivity contribution >= 4 is 23.3 Å². The van der Waals surface area contributed by atoms with Gasteiger partial charge in [-0.3, -0.25) is 14.9 Å². The Bertz CT molecular complexity index is 512. The monoisotopic (exact) mass is 312 g/mol. The van der Waals surface area contributed by atoms with Crippen LogP contribution in [0.4, 0.5) is 5.69 Å². The largest absolute Gasteiger partial charge is 0.481 e. The molecule has 6 nitrogen and oxygen atoms in total. The topological polar surface area (TPSA) is 83.7 Å². The third-order valence-corrected chi connectivity index (χ3v) is 4.21. The second-order valence-corrected chi connectivity index (χ2v) is 5.76. The Morgan fingerprint density at radius 3 is 2.43 bits per heavy atom. The van der Waals surface area contributed by atoms with Gasteiger partial charge in [-0.15, -0.1) is 11.6 Å². The molecule has 0 aliphatic carbocycles. The zero-order valence-corrected chi connectivity index (χ0v) is 12.2. The van der Waals surface area contributed by atoms with Gasteiger partial charge in [0, 0.05) is 18.7 Å². The summed E-state index contributed by atoms with van der Waals surface area (Å²) in [5.41, 5.74) is 0.882. The fourth-order valence-corrected chi connectivity index (χ4v) is 2.84. The molecule has 1 aromatic rings. The first-order valence-electron chi connectivity index (χ1n) is 6.81. The number of aliphatic carboxylic acids is 1. The highest BCUT2D eigenvalue weighted by Gasteiger charge is 2.25. The summed E-state index contributed by atoms with van der Waals surface area (Å²) < 4.78 is 0. The molecule has 2 rings (SSSR count). The van der Waals surface area contributed by atoms with Gasteiger partial charge in [0.15, 0.2) is 0 Å². The number of piperidine rings is 1. The number of halogens is 1. The van der Waals surface area contributed by atoms with Crippen LogP contribution in [0.5, 0.6) is 0 Å². The maximum absolute atomic E-state index is 10.9. The van der Waals surface area contributed by atoms with Crippen LogP contribution in [0.2, 0.25) is 0 Å². The average Bonchev–Trinajstić information content (AvgIpc) is 2.47. The highest BCUT2D eigenvalue weighted by atomic mass is 35.5. The minimum Gasteiger partial charge on any atom is -0.481 e. The predicted molar refractivity (Wildman–Crippen MR) is 78.5 cm³/mol. The highest BCUT2D eigenvalue weighted by molar-refractivity contribution is 6.21. The molecule has 1 atom stereocenters. The quantitative estimate of drug-likeness (QED) is 0.513. The lowest BCUT2D eigenvalue weighted by molar-refractivity contribution is -0.384. The van der Waals surface area contributed by atoms with Crippen LogP contribution in [-0.4, -0.2) is 40.5 Å². The van der Waals surface area contributed by atoms with Gasteiger partial charge < -0.3 is 10.0 Å². The zero-order chi connectivity index (χ0) is 15.4. The first-order valence-corrected chi connectivity index (χ1v) is 7.24. The summed E-state index contributed by atoms with van der Waals surface area (Å²) in [6, 6.07) is 6.22. The molecule has 114 valence electrons. The van der Waals surface area contributed by atoms with Crippen molar-refractivity contribution in [3.8, 4) is 0 Å². The fraction of sp³-hybridized carbons (Fsp3) is 0.500. The van der Waals surface area contributed by atoms with E-state index in [0.29, 0.717) is 32.5 Å². The molecule has 0 bridgehead atoms. The van der Waals surface area contributed by atoms with E-state index < -0.39 is 10.9 Å². The summed E-state index contributed by atoms with van der Waals surface area (Å²) in [5, 5.41) is 19.3. The molecule has 0 aromatic heterocycles. The number of carboxylic acids is 1. The van der Waals surface area contributed by atoms with Crippen LogP contribution < -0.4 is 0 Å². The molecular formula is C14H17ClN2O4. The van der Waals surface area contributed by atoms with Crippen LogP contribution >= 0.6 is 11.6 Å². The number of rotatable bonds is 5. The van der Waals surface area contributed by atoms with E-state index in [-0.39, 0.29) is 17.0 Å². The zero-order valence-electron chi connectivity index (χ0n) is 11.4. The molecule has 21 heavy (non-hydrogen) atoms. The standard InChI is InChI=1S/C14H17ClN2O4/c15-13(10-1-3-12(4-2-10)17(20)21)9-16-7-5-11(6-8-16)14(18)19/h1-4,11,13H,5-9H2,(H,18,19). The number of nitro benzene ring substituents is 1. The van der Waals surface area contributed by atoms with Gasteiger partial charge in [0.25, 0.3) is 5.69 Å². The predicted octanol–water partition coefficient (Wildman–Crippen LogP) is 2.67. The van der Waals surface area contributed by atoms with Gasteiger partial charge >= 0.3 is 5.97 Å². The van der Waals surface area contributed by atoms with Gasteiger partial charge in [-0.05, 0) is 31.5 Å². The van der Waals surface area contributed by atoms with Crippen molar-refractivity contribution in [3.05, 3.63) is 39.9 Å². The lowest BCUT2D eigenvalue weighted by Crippen LogP contribution is -2.37. The summed E-state index contributed by atoms with van der Waals surface area (Å²) in [6.45, 7) is 2.05. The Kier molecular flexibility index (Phi) is 5.14. The molecule has 1 aliphatic heterocycles. The first kappa shape index (κ1) is 15.7. The average molecular weight is 313 g/mol. The fourth-order valence-electron chi connectivity index (χ4n) is 2.50. The molecule has 0 saturated carbocycles. The molecule has 1 heterocycles. The van der Waals surface area contributed by atoms with E-state index in [1.165, 1.54) is 12.1 Å². The Morgan fingerprint density at radius 2 is 1.95 bits per heavy atom. The number of benzene rings is 1. The first-order chi connectivity index (χ1) is 9.97. The lowest BCUT2D eigenvalue weighted by Gasteiger charge is -2.31. The molecule has 1 N–H and O–H groups in total. The molecule has 1 aliphatic rings. The number of carbonyl (C=O) groups is 1.